The maximum Gasteiger partial charge on any atom is 0.247 e. The van der Waals surface area contributed by atoms with E-state index in [-0.39, 0.29) is 18.4 Å². The van der Waals surface area contributed by atoms with Crippen molar-refractivity contribution in [3.05, 3.63) is 29.7 Å². The van der Waals surface area contributed by atoms with Gasteiger partial charge in [-0.1, -0.05) is 19.9 Å². The average Bonchev–Trinajstić information content (AvgIpc) is 3.02. The number of likely N-dealkylation sites (N-methyl/N-ethyl adjacent to an activating group) is 1. The molecule has 2 rings (SSSR count). The summed E-state index contributed by atoms with van der Waals surface area (Å²) in [6, 6.07) is 3.85. The van der Waals surface area contributed by atoms with Crippen LogP contribution in [0, 0.1) is 0 Å². The first kappa shape index (κ1) is 18.4. The number of rotatable bonds is 4. The van der Waals surface area contributed by atoms with Crippen molar-refractivity contribution in [1.29, 1.82) is 0 Å². The summed E-state index contributed by atoms with van der Waals surface area (Å²) in [5, 5.41) is 2.90. The van der Waals surface area contributed by atoms with Crippen LogP contribution >= 0.6 is 11.3 Å². The maximum absolute atomic E-state index is 12.1. The second-order valence-electron chi connectivity index (χ2n) is 4.92. The highest BCUT2D eigenvalue weighted by Crippen LogP contribution is 2.23. The molecule has 6 heteroatoms. The first-order valence-electron chi connectivity index (χ1n) is 7.52. The van der Waals surface area contributed by atoms with Crippen LogP contribution in [0.2, 0.25) is 0 Å². The van der Waals surface area contributed by atoms with Crippen LogP contribution in [0.1, 0.15) is 13.8 Å². The quantitative estimate of drug-likeness (QED) is 0.797. The third kappa shape index (κ3) is 5.27. The summed E-state index contributed by atoms with van der Waals surface area (Å²) in [5.74, 6) is -0.112. The summed E-state index contributed by atoms with van der Waals surface area (Å²) in [6.07, 6.45) is 3.37. The first-order chi connectivity index (χ1) is 10.6. The van der Waals surface area contributed by atoms with E-state index in [0.717, 1.165) is 11.5 Å². The van der Waals surface area contributed by atoms with Gasteiger partial charge in [0.15, 0.2) is 0 Å². The monoisotopic (exact) mass is 323 g/mol. The highest BCUT2D eigenvalue weighted by molar-refractivity contribution is 7.14. The van der Waals surface area contributed by atoms with Gasteiger partial charge in [-0.05, 0) is 31.6 Å². The summed E-state index contributed by atoms with van der Waals surface area (Å²) in [5.41, 5.74) is 0. The highest BCUT2D eigenvalue weighted by atomic mass is 32.1. The SMILES string of the molecule is CC.CN(C)C/C=C/C(=O)N1CCN(c2cccs2)C(=O)C1. The Morgan fingerprint density at radius 1 is 1.36 bits per heavy atom. The van der Waals surface area contributed by atoms with Crippen molar-refractivity contribution in [3.63, 3.8) is 0 Å². The van der Waals surface area contributed by atoms with Crippen LogP contribution < -0.4 is 4.90 Å². The number of carbonyl (C=O) groups excluding carboxylic acids is 2. The smallest absolute Gasteiger partial charge is 0.247 e. The van der Waals surface area contributed by atoms with Gasteiger partial charge in [-0.3, -0.25) is 9.59 Å². The summed E-state index contributed by atoms with van der Waals surface area (Å²) < 4.78 is 0. The van der Waals surface area contributed by atoms with Crippen molar-refractivity contribution in [2.45, 2.75) is 13.8 Å². The Morgan fingerprint density at radius 3 is 2.64 bits per heavy atom. The summed E-state index contributed by atoms with van der Waals surface area (Å²) >= 11 is 1.54. The van der Waals surface area contributed by atoms with Crippen molar-refractivity contribution in [1.82, 2.24) is 9.80 Å². The van der Waals surface area contributed by atoms with E-state index in [1.54, 1.807) is 27.2 Å². The third-order valence-corrected chi connectivity index (χ3v) is 3.93. The number of nitrogens with zero attached hydrogens (tertiary/aromatic N) is 3. The molecule has 1 aliphatic heterocycles. The lowest BCUT2D eigenvalue weighted by atomic mass is 10.3. The summed E-state index contributed by atoms with van der Waals surface area (Å²) in [4.78, 5) is 29.4. The van der Waals surface area contributed by atoms with Crippen LogP contribution in [0.15, 0.2) is 29.7 Å². The lowest BCUT2D eigenvalue weighted by Gasteiger charge is -2.33. The van der Waals surface area contributed by atoms with Crippen molar-refractivity contribution >= 4 is 28.2 Å². The normalized spacial score (nSPS) is 15.2. The maximum atomic E-state index is 12.1. The Bertz CT molecular complexity index is 497. The molecule has 1 fully saturated rings. The Balaban J connectivity index is 0.00000116. The van der Waals surface area contributed by atoms with Gasteiger partial charge < -0.3 is 14.7 Å². The lowest BCUT2D eigenvalue weighted by Crippen LogP contribution is -2.51. The Labute approximate surface area is 136 Å². The van der Waals surface area contributed by atoms with Crippen LogP contribution in [0.25, 0.3) is 0 Å². The fourth-order valence-corrected chi connectivity index (χ4v) is 2.76. The van der Waals surface area contributed by atoms with E-state index >= 15 is 0 Å². The molecule has 0 unspecified atom stereocenters. The second kappa shape index (κ2) is 9.38. The Morgan fingerprint density at radius 2 is 2.09 bits per heavy atom. The molecule has 0 atom stereocenters. The lowest BCUT2D eigenvalue weighted by molar-refractivity contribution is -0.133. The molecule has 1 saturated heterocycles. The topological polar surface area (TPSA) is 43.9 Å². The van der Waals surface area contributed by atoms with Crippen LogP contribution in [-0.4, -0.2) is 61.9 Å². The minimum absolute atomic E-state index is 0.0203. The number of hydrogen-bond donors (Lipinski definition) is 0. The molecular weight excluding hydrogens is 298 g/mol. The minimum atomic E-state index is -0.0916. The summed E-state index contributed by atoms with van der Waals surface area (Å²) in [6.45, 7) is 6.01. The molecule has 122 valence electrons. The minimum Gasteiger partial charge on any atom is -0.328 e. The van der Waals surface area contributed by atoms with Crippen molar-refractivity contribution in [2.75, 3.05) is 45.2 Å². The number of carbonyl (C=O) groups is 2. The molecule has 2 amide bonds. The van der Waals surface area contributed by atoms with Crippen LogP contribution in [0.3, 0.4) is 0 Å². The van der Waals surface area contributed by atoms with Gasteiger partial charge in [0.25, 0.3) is 0 Å². The molecule has 0 radical (unpaired) electrons. The number of hydrogen-bond acceptors (Lipinski definition) is 4. The van der Waals surface area contributed by atoms with Crippen molar-refractivity contribution < 1.29 is 9.59 Å². The van der Waals surface area contributed by atoms with Gasteiger partial charge in [-0.25, -0.2) is 0 Å². The largest absolute Gasteiger partial charge is 0.328 e. The standard InChI is InChI=1S/C14H19N3O2S.C2H6/c1-15(2)7-3-5-12(18)16-8-9-17(13(19)11-16)14-6-4-10-20-14;1-2/h3-6,10H,7-9,11H2,1-2H3;1-2H3/b5-3+;. The van der Waals surface area contributed by atoms with E-state index in [9.17, 15) is 9.59 Å². The third-order valence-electron chi connectivity index (χ3n) is 3.04. The van der Waals surface area contributed by atoms with E-state index < -0.39 is 0 Å². The van der Waals surface area contributed by atoms with E-state index in [1.165, 1.54) is 0 Å². The van der Waals surface area contributed by atoms with Gasteiger partial charge in [0, 0.05) is 25.7 Å². The zero-order chi connectivity index (χ0) is 16.5. The molecule has 0 saturated carbocycles. The zero-order valence-electron chi connectivity index (χ0n) is 13.8. The summed E-state index contributed by atoms with van der Waals surface area (Å²) in [7, 11) is 3.89. The van der Waals surface area contributed by atoms with Crippen molar-refractivity contribution in [2.24, 2.45) is 0 Å². The number of thiophene rings is 1. The fourth-order valence-electron chi connectivity index (χ4n) is 1.99. The molecule has 0 N–H and O–H groups in total. The van der Waals surface area contributed by atoms with Gasteiger partial charge in [-0.15, -0.1) is 11.3 Å². The molecule has 0 aliphatic carbocycles. The van der Waals surface area contributed by atoms with E-state index in [0.29, 0.717) is 13.1 Å². The van der Waals surface area contributed by atoms with E-state index in [4.69, 9.17) is 0 Å². The Hall–Kier alpha value is -1.66. The molecule has 1 aromatic heterocycles. The fraction of sp³-hybridized carbons (Fsp3) is 0.500. The highest BCUT2D eigenvalue weighted by Gasteiger charge is 2.27. The Kier molecular flexibility index (Phi) is 7.84. The first-order valence-corrected chi connectivity index (χ1v) is 8.40. The van der Waals surface area contributed by atoms with Crippen LogP contribution in [-0.2, 0) is 9.59 Å². The van der Waals surface area contributed by atoms with Gasteiger partial charge in [0.05, 0.1) is 5.00 Å². The molecule has 0 bridgehead atoms. The number of amides is 2. The van der Waals surface area contributed by atoms with Crippen molar-refractivity contribution in [3.8, 4) is 0 Å². The zero-order valence-corrected chi connectivity index (χ0v) is 14.6. The molecule has 5 nitrogen and oxygen atoms in total. The number of anilines is 1. The van der Waals surface area contributed by atoms with E-state index in [1.807, 2.05) is 56.4 Å². The molecule has 0 spiro atoms. The van der Waals surface area contributed by atoms with Crippen LogP contribution in [0.4, 0.5) is 5.00 Å². The molecular formula is C16H25N3O2S. The van der Waals surface area contributed by atoms with Gasteiger partial charge in [0.2, 0.25) is 11.8 Å². The molecule has 1 aromatic rings. The predicted octanol–water partition coefficient (Wildman–Crippen LogP) is 2.07. The molecule has 0 aromatic carbocycles. The molecule has 2 heterocycles. The molecule has 22 heavy (non-hydrogen) atoms. The average molecular weight is 323 g/mol. The van der Waals surface area contributed by atoms with E-state index in [2.05, 4.69) is 0 Å². The van der Waals surface area contributed by atoms with Gasteiger partial charge >= 0.3 is 0 Å². The van der Waals surface area contributed by atoms with Gasteiger partial charge in [-0.2, -0.15) is 0 Å². The van der Waals surface area contributed by atoms with Gasteiger partial charge in [0.1, 0.15) is 6.54 Å². The second-order valence-corrected chi connectivity index (χ2v) is 5.85. The van der Waals surface area contributed by atoms with Crippen LogP contribution in [0.5, 0.6) is 0 Å². The number of piperazine rings is 1. The predicted molar refractivity (Wildman–Crippen MR) is 92.3 cm³/mol. The molecule has 1 aliphatic rings.